The highest BCUT2D eigenvalue weighted by atomic mass is 32.2. The number of carbonyl (C=O) groups is 1. The van der Waals surface area contributed by atoms with E-state index in [9.17, 15) is 13.2 Å². The maximum absolute atomic E-state index is 11.6. The van der Waals surface area contributed by atoms with Crippen LogP contribution in [0.5, 0.6) is 0 Å². The van der Waals surface area contributed by atoms with Crippen LogP contribution in [0.25, 0.3) is 0 Å². The number of ether oxygens (including phenoxy) is 1. The van der Waals surface area contributed by atoms with Gasteiger partial charge in [-0.3, -0.25) is 4.79 Å². The summed E-state index contributed by atoms with van der Waals surface area (Å²) >= 11 is 0. The Hall–Kier alpha value is -0.660. The predicted octanol–water partition coefficient (Wildman–Crippen LogP) is -0.806. The van der Waals surface area contributed by atoms with E-state index in [1.807, 2.05) is 6.92 Å². The van der Waals surface area contributed by atoms with Gasteiger partial charge in [0.1, 0.15) is 0 Å². The zero-order valence-corrected chi connectivity index (χ0v) is 9.79. The number of aliphatic hydroxyl groups is 1. The highest BCUT2D eigenvalue weighted by Crippen LogP contribution is 2.03. The van der Waals surface area contributed by atoms with Crippen LogP contribution in [-0.2, 0) is 19.6 Å². The van der Waals surface area contributed by atoms with Crippen molar-refractivity contribution in [1.82, 2.24) is 4.31 Å². The Morgan fingerprint density at radius 1 is 1.40 bits per heavy atom. The largest absolute Gasteiger partial charge is 0.468 e. The molecule has 0 spiro atoms. The molecule has 0 aliphatic carbocycles. The average molecular weight is 239 g/mol. The Bertz CT molecular complexity index is 281. The Labute approximate surface area is 89.9 Å². The van der Waals surface area contributed by atoms with Gasteiger partial charge in [-0.25, -0.2) is 8.42 Å². The smallest absolute Gasteiger partial charge is 0.322 e. The van der Waals surface area contributed by atoms with E-state index in [1.54, 1.807) is 0 Å². The number of sulfonamides is 1. The minimum absolute atomic E-state index is 0.00711. The Balaban J connectivity index is 4.56. The number of aliphatic hydroxyl groups excluding tert-OH is 1. The summed E-state index contributed by atoms with van der Waals surface area (Å²) in [6, 6.07) is 0. The first-order chi connectivity index (χ1) is 6.97. The third-order valence-electron chi connectivity index (χ3n) is 1.74. The lowest BCUT2D eigenvalue weighted by Gasteiger charge is -2.19. The van der Waals surface area contributed by atoms with Crippen molar-refractivity contribution in [3.63, 3.8) is 0 Å². The minimum atomic E-state index is -3.66. The van der Waals surface area contributed by atoms with Gasteiger partial charge in [-0.05, 0) is 6.42 Å². The molecule has 0 radical (unpaired) electrons. The van der Waals surface area contributed by atoms with E-state index in [4.69, 9.17) is 5.11 Å². The zero-order valence-electron chi connectivity index (χ0n) is 8.97. The van der Waals surface area contributed by atoms with Crippen LogP contribution in [0, 0.1) is 0 Å². The number of hydrogen-bond donors (Lipinski definition) is 1. The molecular weight excluding hydrogens is 222 g/mol. The first kappa shape index (κ1) is 14.3. The van der Waals surface area contributed by atoms with Gasteiger partial charge < -0.3 is 9.84 Å². The zero-order chi connectivity index (χ0) is 11.9. The molecule has 0 fully saturated rings. The molecule has 15 heavy (non-hydrogen) atoms. The molecule has 0 saturated carbocycles. The SMILES string of the molecule is CCCN(CCO)S(=O)(=O)CC(=O)OC. The molecule has 6 nitrogen and oxygen atoms in total. The molecule has 0 saturated heterocycles. The van der Waals surface area contributed by atoms with Crippen LogP contribution >= 0.6 is 0 Å². The second-order valence-electron chi connectivity index (χ2n) is 2.96. The molecule has 1 N–H and O–H groups in total. The molecule has 7 heteroatoms. The fourth-order valence-corrected chi connectivity index (χ4v) is 2.47. The average Bonchev–Trinajstić information content (AvgIpc) is 2.16. The van der Waals surface area contributed by atoms with Gasteiger partial charge in [0.25, 0.3) is 0 Å². The van der Waals surface area contributed by atoms with Gasteiger partial charge in [0, 0.05) is 13.1 Å². The van der Waals surface area contributed by atoms with Crippen LogP contribution in [0.1, 0.15) is 13.3 Å². The van der Waals surface area contributed by atoms with Gasteiger partial charge in [-0.1, -0.05) is 6.92 Å². The van der Waals surface area contributed by atoms with Crippen molar-refractivity contribution in [1.29, 1.82) is 0 Å². The normalized spacial score (nSPS) is 11.7. The van der Waals surface area contributed by atoms with E-state index in [0.717, 1.165) is 11.4 Å². The standard InChI is InChI=1S/C8H17NO5S/c1-3-4-9(5-6-10)15(12,13)7-8(11)14-2/h10H,3-7H2,1-2H3. The molecule has 0 amide bonds. The summed E-state index contributed by atoms with van der Waals surface area (Å²) in [7, 11) is -2.53. The highest BCUT2D eigenvalue weighted by Gasteiger charge is 2.24. The molecule has 0 aliphatic rings. The molecular formula is C8H17NO5S. The van der Waals surface area contributed by atoms with E-state index < -0.39 is 21.7 Å². The van der Waals surface area contributed by atoms with Crippen molar-refractivity contribution in [2.75, 3.05) is 32.6 Å². The molecule has 0 aromatic heterocycles. The predicted molar refractivity (Wildman–Crippen MR) is 54.8 cm³/mol. The number of methoxy groups -OCH3 is 1. The summed E-state index contributed by atoms with van der Waals surface area (Å²) in [5, 5.41) is 8.70. The number of carbonyl (C=O) groups excluding carboxylic acids is 1. The molecule has 0 atom stereocenters. The lowest BCUT2D eigenvalue weighted by molar-refractivity contribution is -0.137. The third kappa shape index (κ3) is 5.10. The number of esters is 1. The summed E-state index contributed by atoms with van der Waals surface area (Å²) in [4.78, 5) is 10.8. The number of rotatable bonds is 7. The van der Waals surface area contributed by atoms with Crippen molar-refractivity contribution in [3.05, 3.63) is 0 Å². The first-order valence-corrected chi connectivity index (χ1v) is 6.24. The quantitative estimate of drug-likeness (QED) is 0.588. The van der Waals surface area contributed by atoms with Crippen molar-refractivity contribution in [2.24, 2.45) is 0 Å². The molecule has 0 aliphatic heterocycles. The van der Waals surface area contributed by atoms with Crippen molar-refractivity contribution in [3.8, 4) is 0 Å². The van der Waals surface area contributed by atoms with Crippen LogP contribution < -0.4 is 0 Å². The van der Waals surface area contributed by atoms with Crippen molar-refractivity contribution < 1.29 is 23.1 Å². The molecule has 0 rings (SSSR count). The van der Waals surface area contributed by atoms with Crippen LogP contribution in [0.2, 0.25) is 0 Å². The highest BCUT2D eigenvalue weighted by molar-refractivity contribution is 7.89. The van der Waals surface area contributed by atoms with Gasteiger partial charge in [0.15, 0.2) is 5.75 Å². The Kier molecular flexibility index (Phi) is 6.46. The number of hydrogen-bond acceptors (Lipinski definition) is 5. The second-order valence-corrected chi connectivity index (χ2v) is 4.92. The van der Waals surface area contributed by atoms with E-state index in [-0.39, 0.29) is 13.2 Å². The first-order valence-electron chi connectivity index (χ1n) is 4.63. The fourth-order valence-electron chi connectivity index (χ4n) is 1.05. The Morgan fingerprint density at radius 3 is 2.40 bits per heavy atom. The van der Waals surface area contributed by atoms with Crippen LogP contribution in [0.4, 0.5) is 0 Å². The van der Waals surface area contributed by atoms with E-state index in [2.05, 4.69) is 4.74 Å². The van der Waals surface area contributed by atoms with E-state index in [1.165, 1.54) is 0 Å². The summed E-state index contributed by atoms with van der Waals surface area (Å²) < 4.78 is 28.6. The van der Waals surface area contributed by atoms with Gasteiger partial charge >= 0.3 is 5.97 Å². The van der Waals surface area contributed by atoms with Gasteiger partial charge in [-0.15, -0.1) is 0 Å². The lowest BCUT2D eigenvalue weighted by atomic mass is 10.5. The fraction of sp³-hybridized carbons (Fsp3) is 0.875. The monoisotopic (exact) mass is 239 g/mol. The van der Waals surface area contributed by atoms with Gasteiger partial charge in [0.05, 0.1) is 13.7 Å². The second kappa shape index (κ2) is 6.76. The molecule has 0 aromatic carbocycles. The summed E-state index contributed by atoms with van der Waals surface area (Å²) in [6.45, 7) is 1.85. The van der Waals surface area contributed by atoms with Crippen molar-refractivity contribution in [2.45, 2.75) is 13.3 Å². The van der Waals surface area contributed by atoms with Crippen LogP contribution in [-0.4, -0.2) is 56.4 Å². The third-order valence-corrected chi connectivity index (χ3v) is 3.50. The van der Waals surface area contributed by atoms with E-state index >= 15 is 0 Å². The van der Waals surface area contributed by atoms with E-state index in [0.29, 0.717) is 13.0 Å². The van der Waals surface area contributed by atoms with Crippen LogP contribution in [0.15, 0.2) is 0 Å². The molecule has 90 valence electrons. The minimum Gasteiger partial charge on any atom is -0.468 e. The Morgan fingerprint density at radius 2 is 2.00 bits per heavy atom. The molecule has 0 bridgehead atoms. The van der Waals surface area contributed by atoms with Gasteiger partial charge in [-0.2, -0.15) is 4.31 Å². The maximum Gasteiger partial charge on any atom is 0.322 e. The molecule has 0 unspecified atom stereocenters. The summed E-state index contributed by atoms with van der Waals surface area (Å²) in [6.07, 6.45) is 0.625. The molecule has 0 aromatic rings. The summed E-state index contributed by atoms with van der Waals surface area (Å²) in [5.41, 5.74) is 0. The topological polar surface area (TPSA) is 83.9 Å². The lowest BCUT2D eigenvalue weighted by Crippen LogP contribution is -2.38. The summed E-state index contributed by atoms with van der Waals surface area (Å²) in [5.74, 6) is -1.47. The molecule has 0 heterocycles. The van der Waals surface area contributed by atoms with Crippen LogP contribution in [0.3, 0.4) is 0 Å². The van der Waals surface area contributed by atoms with Gasteiger partial charge in [0.2, 0.25) is 10.0 Å². The van der Waals surface area contributed by atoms with Crippen molar-refractivity contribution >= 4 is 16.0 Å². The number of nitrogens with zero attached hydrogens (tertiary/aromatic N) is 1. The maximum atomic E-state index is 11.6.